The molecule has 1 aromatic carbocycles. The summed E-state index contributed by atoms with van der Waals surface area (Å²) >= 11 is 0. The number of rotatable bonds is 5. The first-order valence-electron chi connectivity index (χ1n) is 8.01. The molecule has 0 spiro atoms. The quantitative estimate of drug-likeness (QED) is 0.547. The topological polar surface area (TPSA) is 120 Å². The zero-order chi connectivity index (χ0) is 19.4. The van der Waals surface area contributed by atoms with E-state index in [1.807, 2.05) is 0 Å². The zero-order valence-electron chi connectivity index (χ0n) is 14.3. The summed E-state index contributed by atoms with van der Waals surface area (Å²) in [4.78, 5) is 38.9. The van der Waals surface area contributed by atoms with Crippen LogP contribution in [0.25, 0.3) is 11.3 Å². The van der Waals surface area contributed by atoms with Crippen molar-refractivity contribution in [2.75, 3.05) is 5.32 Å². The predicted octanol–water partition coefficient (Wildman–Crippen LogP) is 2.41. The van der Waals surface area contributed by atoms with Crippen molar-refractivity contribution in [3.05, 3.63) is 81.4 Å². The fourth-order valence-electron chi connectivity index (χ4n) is 2.43. The molecule has 0 saturated carbocycles. The van der Waals surface area contributed by atoms with Gasteiger partial charge in [-0.05, 0) is 31.2 Å². The maximum Gasteiger partial charge on any atom is 0.271 e. The Kier molecular flexibility index (Phi) is 5.02. The highest BCUT2D eigenvalue weighted by Crippen LogP contribution is 2.19. The van der Waals surface area contributed by atoms with Crippen LogP contribution in [0, 0.1) is 10.1 Å². The summed E-state index contributed by atoms with van der Waals surface area (Å²) in [6, 6.07) is 11.0. The Morgan fingerprint density at radius 2 is 1.93 bits per heavy atom. The van der Waals surface area contributed by atoms with E-state index in [0.717, 1.165) is 10.2 Å². The number of amides is 1. The number of hydrogen-bond donors (Lipinski definition) is 1. The third-order valence-corrected chi connectivity index (χ3v) is 3.87. The van der Waals surface area contributed by atoms with E-state index in [4.69, 9.17) is 0 Å². The lowest BCUT2D eigenvalue weighted by Gasteiger charge is -2.15. The lowest BCUT2D eigenvalue weighted by Crippen LogP contribution is -2.33. The van der Waals surface area contributed by atoms with Gasteiger partial charge in [0, 0.05) is 41.8 Å². The number of benzene rings is 1. The van der Waals surface area contributed by atoms with Gasteiger partial charge in [-0.2, -0.15) is 5.10 Å². The van der Waals surface area contributed by atoms with E-state index in [2.05, 4.69) is 15.4 Å². The smallest absolute Gasteiger partial charge is 0.271 e. The molecule has 0 radical (unpaired) electrons. The number of nitro benzene ring substituents is 1. The van der Waals surface area contributed by atoms with Crippen molar-refractivity contribution in [3.63, 3.8) is 0 Å². The van der Waals surface area contributed by atoms with E-state index >= 15 is 0 Å². The fraction of sp³-hybridized carbons (Fsp3) is 0.111. The first kappa shape index (κ1) is 17.9. The van der Waals surface area contributed by atoms with Gasteiger partial charge < -0.3 is 5.32 Å². The van der Waals surface area contributed by atoms with Crippen LogP contribution in [-0.4, -0.2) is 25.6 Å². The number of non-ortho nitro benzene ring substituents is 1. The van der Waals surface area contributed by atoms with E-state index in [1.165, 1.54) is 37.3 Å². The molecule has 9 nitrogen and oxygen atoms in total. The Hall–Kier alpha value is -3.88. The van der Waals surface area contributed by atoms with Gasteiger partial charge in [-0.3, -0.25) is 24.7 Å². The molecule has 2 heterocycles. The molecule has 0 bridgehead atoms. The van der Waals surface area contributed by atoms with Crippen LogP contribution < -0.4 is 10.9 Å². The van der Waals surface area contributed by atoms with E-state index in [-0.39, 0.29) is 11.4 Å². The highest BCUT2D eigenvalue weighted by Gasteiger charge is 2.19. The summed E-state index contributed by atoms with van der Waals surface area (Å²) < 4.78 is 1.07. The maximum atomic E-state index is 12.5. The molecule has 136 valence electrons. The molecule has 2 aromatic heterocycles. The van der Waals surface area contributed by atoms with Crippen LogP contribution in [0.2, 0.25) is 0 Å². The molecule has 27 heavy (non-hydrogen) atoms. The van der Waals surface area contributed by atoms with Gasteiger partial charge in [0.25, 0.3) is 11.2 Å². The third-order valence-electron chi connectivity index (χ3n) is 3.87. The van der Waals surface area contributed by atoms with Crippen LogP contribution in [-0.2, 0) is 4.79 Å². The Bertz CT molecular complexity index is 1050. The Balaban J connectivity index is 1.86. The third kappa shape index (κ3) is 4.03. The van der Waals surface area contributed by atoms with Crippen molar-refractivity contribution in [1.82, 2.24) is 14.8 Å². The van der Waals surface area contributed by atoms with Gasteiger partial charge in [-0.1, -0.05) is 6.07 Å². The number of nitrogens with one attached hydrogen (secondary N) is 1. The number of nitrogens with zero attached hydrogens (tertiary/aromatic N) is 4. The highest BCUT2D eigenvalue weighted by molar-refractivity contribution is 5.93. The largest absolute Gasteiger partial charge is 0.324 e. The van der Waals surface area contributed by atoms with Crippen LogP contribution in [0.5, 0.6) is 0 Å². The molecule has 1 amide bonds. The van der Waals surface area contributed by atoms with Crippen molar-refractivity contribution >= 4 is 17.3 Å². The molecular weight excluding hydrogens is 350 g/mol. The zero-order valence-corrected chi connectivity index (χ0v) is 14.3. The van der Waals surface area contributed by atoms with Gasteiger partial charge in [0.05, 0.1) is 10.6 Å². The first-order valence-corrected chi connectivity index (χ1v) is 8.01. The molecule has 1 unspecified atom stereocenters. The summed E-state index contributed by atoms with van der Waals surface area (Å²) in [5.41, 5.74) is 0.960. The van der Waals surface area contributed by atoms with Crippen LogP contribution >= 0.6 is 0 Å². The fourth-order valence-corrected chi connectivity index (χ4v) is 2.43. The van der Waals surface area contributed by atoms with Crippen molar-refractivity contribution in [2.45, 2.75) is 13.0 Å². The van der Waals surface area contributed by atoms with E-state index in [9.17, 15) is 19.7 Å². The second-order valence-corrected chi connectivity index (χ2v) is 5.71. The molecule has 0 fully saturated rings. The summed E-state index contributed by atoms with van der Waals surface area (Å²) in [7, 11) is 0. The lowest BCUT2D eigenvalue weighted by molar-refractivity contribution is -0.384. The van der Waals surface area contributed by atoms with Crippen LogP contribution in [0.15, 0.2) is 65.7 Å². The molecular formula is C18H15N5O4. The van der Waals surface area contributed by atoms with E-state index in [0.29, 0.717) is 5.69 Å². The van der Waals surface area contributed by atoms with Gasteiger partial charge in [0.1, 0.15) is 6.04 Å². The molecule has 3 rings (SSSR count). The number of carbonyl (C=O) groups excluding carboxylic acids is 1. The molecule has 0 aliphatic heterocycles. The second kappa shape index (κ2) is 7.56. The van der Waals surface area contributed by atoms with Gasteiger partial charge in [0.2, 0.25) is 5.91 Å². The Morgan fingerprint density at radius 3 is 2.63 bits per heavy atom. The van der Waals surface area contributed by atoms with E-state index in [1.54, 1.807) is 30.6 Å². The molecule has 3 aromatic rings. The number of pyridine rings is 1. The second-order valence-electron chi connectivity index (χ2n) is 5.71. The van der Waals surface area contributed by atoms with Gasteiger partial charge in [0.15, 0.2) is 0 Å². The number of aromatic nitrogens is 3. The molecule has 1 N–H and O–H groups in total. The minimum Gasteiger partial charge on any atom is -0.324 e. The molecule has 0 aliphatic carbocycles. The number of hydrogen-bond acceptors (Lipinski definition) is 6. The van der Waals surface area contributed by atoms with Crippen molar-refractivity contribution in [2.24, 2.45) is 0 Å². The van der Waals surface area contributed by atoms with Crippen LogP contribution in [0.3, 0.4) is 0 Å². The van der Waals surface area contributed by atoms with Crippen LogP contribution in [0.1, 0.15) is 13.0 Å². The Morgan fingerprint density at radius 1 is 1.19 bits per heavy atom. The molecule has 0 aliphatic rings. The maximum absolute atomic E-state index is 12.5. The summed E-state index contributed by atoms with van der Waals surface area (Å²) in [5.74, 6) is -0.517. The number of nitro groups is 1. The average molecular weight is 365 g/mol. The Labute approximate surface area is 153 Å². The summed E-state index contributed by atoms with van der Waals surface area (Å²) in [6.07, 6.45) is 3.20. The molecule has 0 saturated heterocycles. The standard InChI is InChI=1S/C18H15N5O4/c1-12(18(25)20-14-3-2-4-15(11-14)23(26)27)22-17(24)6-5-16(21-22)13-7-9-19-10-8-13/h2-12H,1H3,(H,20,25). The van der Waals surface area contributed by atoms with Crippen molar-refractivity contribution in [1.29, 1.82) is 0 Å². The van der Waals surface area contributed by atoms with Gasteiger partial charge in [-0.15, -0.1) is 0 Å². The highest BCUT2D eigenvalue weighted by atomic mass is 16.6. The monoisotopic (exact) mass is 365 g/mol. The average Bonchev–Trinajstić information content (AvgIpc) is 2.68. The van der Waals surface area contributed by atoms with E-state index < -0.39 is 22.4 Å². The van der Waals surface area contributed by atoms with Gasteiger partial charge in [-0.25, -0.2) is 4.68 Å². The normalized spacial score (nSPS) is 11.6. The van der Waals surface area contributed by atoms with Crippen LogP contribution in [0.4, 0.5) is 11.4 Å². The molecule has 1 atom stereocenters. The number of carbonyl (C=O) groups is 1. The number of anilines is 1. The minimum atomic E-state index is -0.918. The summed E-state index contributed by atoms with van der Waals surface area (Å²) in [6.45, 7) is 1.53. The molecule has 9 heteroatoms. The lowest BCUT2D eigenvalue weighted by atomic mass is 10.2. The van der Waals surface area contributed by atoms with Gasteiger partial charge >= 0.3 is 0 Å². The first-order chi connectivity index (χ1) is 13.0. The SMILES string of the molecule is CC(C(=O)Nc1cccc([N+](=O)[O-])c1)n1nc(-c2ccncc2)ccc1=O. The summed E-state index contributed by atoms with van der Waals surface area (Å²) in [5, 5.41) is 17.7. The van der Waals surface area contributed by atoms with Crippen molar-refractivity contribution < 1.29 is 9.72 Å². The predicted molar refractivity (Wildman–Crippen MR) is 98.2 cm³/mol. The van der Waals surface area contributed by atoms with Crippen molar-refractivity contribution in [3.8, 4) is 11.3 Å². The minimum absolute atomic E-state index is 0.143.